The van der Waals surface area contributed by atoms with Crippen LogP contribution in [0.1, 0.15) is 29.8 Å². The quantitative estimate of drug-likeness (QED) is 0.812. The summed E-state index contributed by atoms with van der Waals surface area (Å²) in [5, 5.41) is 2.36. The summed E-state index contributed by atoms with van der Waals surface area (Å²) in [6.07, 6.45) is -4.54. The van der Waals surface area contributed by atoms with Crippen LogP contribution in [0.2, 0.25) is 0 Å². The van der Waals surface area contributed by atoms with Gasteiger partial charge in [0.25, 0.3) is 5.91 Å². The fourth-order valence-electron chi connectivity index (χ4n) is 2.99. The summed E-state index contributed by atoms with van der Waals surface area (Å²) in [5.74, 6) is -1.57. The Kier molecular flexibility index (Phi) is 4.94. The second-order valence-electron chi connectivity index (χ2n) is 7.29. The van der Waals surface area contributed by atoms with Crippen molar-refractivity contribution >= 4 is 33.2 Å². The number of carbonyl (C=O) groups is 2. The number of hydrogen-bond donors (Lipinski definition) is 1. The molecule has 2 aromatic carbocycles. The van der Waals surface area contributed by atoms with Crippen molar-refractivity contribution in [1.29, 1.82) is 0 Å². The molecule has 0 radical (unpaired) electrons. The summed E-state index contributed by atoms with van der Waals surface area (Å²) in [4.78, 5) is 24.7. The van der Waals surface area contributed by atoms with Crippen LogP contribution < -0.4 is 9.62 Å². The molecular weight excluding hydrogens is 409 g/mol. The molecule has 0 saturated carbocycles. The lowest BCUT2D eigenvalue weighted by atomic mass is 9.95. The van der Waals surface area contributed by atoms with Crippen LogP contribution in [0.3, 0.4) is 0 Å². The molecule has 0 atom stereocenters. The van der Waals surface area contributed by atoms with E-state index in [0.29, 0.717) is 4.31 Å². The maximum absolute atomic E-state index is 12.8. The molecule has 0 unspecified atom stereocenters. The van der Waals surface area contributed by atoms with Gasteiger partial charge in [0.15, 0.2) is 0 Å². The summed E-state index contributed by atoms with van der Waals surface area (Å²) >= 11 is 0. The highest BCUT2D eigenvalue weighted by molar-refractivity contribution is 7.94. The number of anilines is 2. The Hall–Kier alpha value is -2.88. The van der Waals surface area contributed by atoms with E-state index in [1.165, 1.54) is 50.2 Å². The minimum Gasteiger partial charge on any atom is -0.322 e. The van der Waals surface area contributed by atoms with E-state index in [0.717, 1.165) is 12.1 Å². The predicted octanol–water partition coefficient (Wildman–Crippen LogP) is 3.66. The molecule has 29 heavy (non-hydrogen) atoms. The van der Waals surface area contributed by atoms with Crippen LogP contribution in [0.15, 0.2) is 48.5 Å². The molecule has 1 aliphatic heterocycles. The van der Waals surface area contributed by atoms with Crippen molar-refractivity contribution < 1.29 is 31.2 Å². The van der Waals surface area contributed by atoms with Crippen LogP contribution in [-0.2, 0) is 21.0 Å². The molecule has 1 N–H and O–H groups in total. The lowest BCUT2D eigenvalue weighted by Crippen LogP contribution is -2.32. The lowest BCUT2D eigenvalue weighted by Gasteiger charge is -2.17. The number of alkyl halides is 3. The SMILES string of the molecule is CC1(C)CS(=O)(=O)N(c2ccc(C(=O)Nc3cccc(C(F)(F)F)c3)cc2)C1=O. The van der Waals surface area contributed by atoms with Crippen LogP contribution in [-0.4, -0.2) is 26.0 Å². The van der Waals surface area contributed by atoms with Gasteiger partial charge in [-0.2, -0.15) is 13.2 Å². The van der Waals surface area contributed by atoms with Crippen LogP contribution in [0, 0.1) is 5.41 Å². The molecule has 1 heterocycles. The number of benzene rings is 2. The monoisotopic (exact) mass is 426 g/mol. The van der Waals surface area contributed by atoms with Crippen LogP contribution >= 0.6 is 0 Å². The topological polar surface area (TPSA) is 83.6 Å². The number of amides is 2. The number of rotatable bonds is 3. The van der Waals surface area contributed by atoms with Gasteiger partial charge < -0.3 is 5.32 Å². The zero-order valence-corrected chi connectivity index (χ0v) is 16.3. The Bertz CT molecular complexity index is 1080. The molecule has 10 heteroatoms. The maximum Gasteiger partial charge on any atom is 0.416 e. The molecule has 3 rings (SSSR count). The van der Waals surface area contributed by atoms with E-state index in [1.54, 1.807) is 0 Å². The van der Waals surface area contributed by atoms with E-state index >= 15 is 0 Å². The Balaban J connectivity index is 1.81. The molecule has 2 aromatic rings. The second-order valence-corrected chi connectivity index (χ2v) is 9.11. The highest BCUT2D eigenvalue weighted by atomic mass is 32.2. The zero-order valence-electron chi connectivity index (χ0n) is 15.4. The molecule has 1 aliphatic rings. The highest BCUT2D eigenvalue weighted by Gasteiger charge is 2.49. The Morgan fingerprint density at radius 3 is 2.24 bits per heavy atom. The number of sulfonamides is 1. The average Bonchev–Trinajstić information content (AvgIpc) is 2.77. The number of nitrogens with zero attached hydrogens (tertiary/aromatic N) is 1. The van der Waals surface area contributed by atoms with E-state index in [-0.39, 0.29) is 22.7 Å². The van der Waals surface area contributed by atoms with Gasteiger partial charge in [0.05, 0.1) is 22.4 Å². The fourth-order valence-corrected chi connectivity index (χ4v) is 5.09. The first-order valence-electron chi connectivity index (χ1n) is 8.47. The van der Waals surface area contributed by atoms with E-state index in [2.05, 4.69) is 5.32 Å². The zero-order chi connectivity index (χ0) is 21.6. The fraction of sp³-hybridized carbons (Fsp3) is 0.263. The van der Waals surface area contributed by atoms with Gasteiger partial charge in [-0.1, -0.05) is 6.07 Å². The van der Waals surface area contributed by atoms with Crippen molar-refractivity contribution in [3.8, 4) is 0 Å². The number of carbonyl (C=O) groups excluding carboxylic acids is 2. The van der Waals surface area contributed by atoms with E-state index < -0.39 is 39.0 Å². The Morgan fingerprint density at radius 1 is 1.10 bits per heavy atom. The number of halogens is 3. The molecule has 2 amide bonds. The van der Waals surface area contributed by atoms with Crippen molar-refractivity contribution in [2.45, 2.75) is 20.0 Å². The second kappa shape index (κ2) is 6.87. The van der Waals surface area contributed by atoms with Gasteiger partial charge in [-0.3, -0.25) is 9.59 Å². The minimum atomic E-state index is -4.54. The van der Waals surface area contributed by atoms with E-state index in [1.807, 2.05) is 0 Å². The van der Waals surface area contributed by atoms with Crippen LogP contribution in [0.4, 0.5) is 24.5 Å². The number of nitrogens with one attached hydrogen (secondary N) is 1. The van der Waals surface area contributed by atoms with Gasteiger partial charge in [-0.25, -0.2) is 12.7 Å². The van der Waals surface area contributed by atoms with Crippen molar-refractivity contribution in [2.75, 3.05) is 15.4 Å². The normalized spacial score (nSPS) is 18.0. The average molecular weight is 426 g/mol. The summed E-state index contributed by atoms with van der Waals surface area (Å²) in [7, 11) is -3.82. The molecule has 1 fully saturated rings. The molecule has 6 nitrogen and oxygen atoms in total. The smallest absolute Gasteiger partial charge is 0.322 e. The van der Waals surface area contributed by atoms with E-state index in [4.69, 9.17) is 0 Å². The van der Waals surface area contributed by atoms with Crippen molar-refractivity contribution in [2.24, 2.45) is 5.41 Å². The third-order valence-corrected chi connectivity index (χ3v) is 6.42. The Morgan fingerprint density at radius 2 is 1.72 bits per heavy atom. The molecule has 0 bridgehead atoms. The summed E-state index contributed by atoms with van der Waals surface area (Å²) in [6.45, 7) is 3.06. The third kappa shape index (κ3) is 4.12. The first-order chi connectivity index (χ1) is 13.3. The first-order valence-corrected chi connectivity index (χ1v) is 10.1. The maximum atomic E-state index is 12.8. The van der Waals surface area contributed by atoms with Gasteiger partial charge in [0.2, 0.25) is 15.9 Å². The van der Waals surface area contributed by atoms with Gasteiger partial charge >= 0.3 is 6.18 Å². The first kappa shape index (κ1) is 20.8. The Labute approximate surface area is 165 Å². The third-order valence-electron chi connectivity index (χ3n) is 4.40. The molecule has 1 saturated heterocycles. The molecule has 0 aliphatic carbocycles. The van der Waals surface area contributed by atoms with Crippen LogP contribution in [0.5, 0.6) is 0 Å². The summed E-state index contributed by atoms with van der Waals surface area (Å²) in [5.41, 5.74) is -1.80. The highest BCUT2D eigenvalue weighted by Crippen LogP contribution is 2.36. The van der Waals surface area contributed by atoms with Gasteiger partial charge in [0, 0.05) is 11.3 Å². The van der Waals surface area contributed by atoms with Gasteiger partial charge in [0.1, 0.15) is 0 Å². The van der Waals surface area contributed by atoms with Gasteiger partial charge in [-0.05, 0) is 56.3 Å². The lowest BCUT2D eigenvalue weighted by molar-refractivity contribution is -0.137. The van der Waals surface area contributed by atoms with Gasteiger partial charge in [-0.15, -0.1) is 0 Å². The molecule has 0 spiro atoms. The number of hydrogen-bond acceptors (Lipinski definition) is 4. The largest absolute Gasteiger partial charge is 0.416 e. The molecular formula is C19H17F3N2O4S. The summed E-state index contributed by atoms with van der Waals surface area (Å²) < 4.78 is 63.6. The van der Waals surface area contributed by atoms with Crippen molar-refractivity contribution in [3.05, 3.63) is 59.7 Å². The minimum absolute atomic E-state index is 0.0343. The molecule has 154 valence electrons. The predicted molar refractivity (Wildman–Crippen MR) is 101 cm³/mol. The van der Waals surface area contributed by atoms with E-state index in [9.17, 15) is 31.2 Å². The van der Waals surface area contributed by atoms with Crippen molar-refractivity contribution in [1.82, 2.24) is 0 Å². The standard InChI is InChI=1S/C19H17F3N2O4S/c1-18(2)11-29(27,28)24(17(18)26)15-8-6-12(7-9-15)16(25)23-14-5-3-4-13(10-14)19(20,21)22/h3-10H,11H2,1-2H3,(H,23,25). The van der Waals surface area contributed by atoms with Crippen LogP contribution in [0.25, 0.3) is 0 Å². The molecule has 0 aromatic heterocycles. The van der Waals surface area contributed by atoms with Crippen molar-refractivity contribution in [3.63, 3.8) is 0 Å². The summed E-state index contributed by atoms with van der Waals surface area (Å²) in [6, 6.07) is 9.39.